The molecule has 1 aliphatic heterocycles. The maximum atomic E-state index is 11.7. The third kappa shape index (κ3) is 3.82. The van der Waals surface area contributed by atoms with Gasteiger partial charge in [0.25, 0.3) is 5.91 Å². The summed E-state index contributed by atoms with van der Waals surface area (Å²) in [5.74, 6) is 0.628. The number of amides is 1. The highest BCUT2D eigenvalue weighted by atomic mass is 32.2. The van der Waals surface area contributed by atoms with Gasteiger partial charge < -0.3 is 10.2 Å². The molecule has 1 atom stereocenters. The molecule has 120 valence electrons. The summed E-state index contributed by atoms with van der Waals surface area (Å²) >= 11 is 0. The number of anilines is 1. The van der Waals surface area contributed by atoms with E-state index in [2.05, 4.69) is 22.1 Å². The number of rotatable bonds is 6. The van der Waals surface area contributed by atoms with Crippen LogP contribution >= 0.6 is 0 Å². The Labute approximate surface area is 130 Å². The molecular weight excluding hydrogens is 304 g/mol. The summed E-state index contributed by atoms with van der Waals surface area (Å²) in [4.78, 5) is 13.7. The standard InChI is InChI=1S/C14H20N4O3S/c1-3-8-15-14(19)12-5-6-13(17-16-12)18(4-2)11-7-9-22(20,21)10-11/h3,5-6,11H,1,4,7-10H2,2H3,(H,15,19). The van der Waals surface area contributed by atoms with Gasteiger partial charge in [-0.05, 0) is 25.5 Å². The molecule has 1 aromatic rings. The topological polar surface area (TPSA) is 92.3 Å². The Morgan fingerprint density at radius 2 is 2.27 bits per heavy atom. The van der Waals surface area contributed by atoms with Gasteiger partial charge in [0.15, 0.2) is 21.3 Å². The molecule has 0 aromatic carbocycles. The zero-order valence-electron chi connectivity index (χ0n) is 12.5. The Hall–Kier alpha value is -1.96. The number of nitrogens with zero attached hydrogens (tertiary/aromatic N) is 3. The number of carbonyl (C=O) groups is 1. The highest BCUT2D eigenvalue weighted by Gasteiger charge is 2.32. The molecule has 1 saturated heterocycles. The van der Waals surface area contributed by atoms with E-state index in [1.54, 1.807) is 18.2 Å². The molecule has 1 aromatic heterocycles. The van der Waals surface area contributed by atoms with Gasteiger partial charge in [0.1, 0.15) is 0 Å². The largest absolute Gasteiger partial charge is 0.351 e. The maximum Gasteiger partial charge on any atom is 0.272 e. The van der Waals surface area contributed by atoms with Crippen molar-refractivity contribution in [1.82, 2.24) is 15.5 Å². The highest BCUT2D eigenvalue weighted by molar-refractivity contribution is 7.91. The third-order valence-electron chi connectivity index (χ3n) is 3.57. The van der Waals surface area contributed by atoms with E-state index in [4.69, 9.17) is 0 Å². The van der Waals surface area contributed by atoms with Crippen LogP contribution in [0.2, 0.25) is 0 Å². The number of nitrogens with one attached hydrogen (secondary N) is 1. The van der Waals surface area contributed by atoms with E-state index in [9.17, 15) is 13.2 Å². The normalized spacial score (nSPS) is 19.6. The molecule has 7 nitrogen and oxygen atoms in total. The van der Waals surface area contributed by atoms with Crippen LogP contribution in [0.15, 0.2) is 24.8 Å². The lowest BCUT2D eigenvalue weighted by atomic mass is 10.2. The van der Waals surface area contributed by atoms with Crippen molar-refractivity contribution in [3.05, 3.63) is 30.5 Å². The van der Waals surface area contributed by atoms with E-state index >= 15 is 0 Å². The van der Waals surface area contributed by atoms with Gasteiger partial charge in [0.05, 0.1) is 11.5 Å². The Bertz CT molecular complexity index is 643. The molecule has 1 amide bonds. The molecule has 0 saturated carbocycles. The average Bonchev–Trinajstić information content (AvgIpc) is 2.86. The van der Waals surface area contributed by atoms with E-state index < -0.39 is 9.84 Å². The molecule has 8 heteroatoms. The third-order valence-corrected chi connectivity index (χ3v) is 5.32. The minimum atomic E-state index is -2.95. The molecule has 2 heterocycles. The second-order valence-electron chi connectivity index (χ2n) is 5.12. The van der Waals surface area contributed by atoms with Crippen LogP contribution in [0.25, 0.3) is 0 Å². The fourth-order valence-corrected chi connectivity index (χ4v) is 4.21. The van der Waals surface area contributed by atoms with E-state index in [1.807, 2.05) is 11.8 Å². The van der Waals surface area contributed by atoms with Crippen LogP contribution < -0.4 is 10.2 Å². The summed E-state index contributed by atoms with van der Waals surface area (Å²) in [6.07, 6.45) is 2.18. The first-order valence-corrected chi connectivity index (χ1v) is 8.99. The smallest absolute Gasteiger partial charge is 0.272 e. The lowest BCUT2D eigenvalue weighted by Gasteiger charge is -2.27. The summed E-state index contributed by atoms with van der Waals surface area (Å²) in [5, 5.41) is 10.6. The minimum Gasteiger partial charge on any atom is -0.351 e. The van der Waals surface area contributed by atoms with E-state index in [0.717, 1.165) is 0 Å². The summed E-state index contributed by atoms with van der Waals surface area (Å²) in [7, 11) is -2.95. The van der Waals surface area contributed by atoms with Crippen molar-refractivity contribution in [2.75, 3.05) is 29.5 Å². The predicted molar refractivity (Wildman–Crippen MR) is 84.6 cm³/mol. The van der Waals surface area contributed by atoms with Crippen molar-refractivity contribution in [1.29, 1.82) is 0 Å². The Morgan fingerprint density at radius 1 is 1.50 bits per heavy atom. The van der Waals surface area contributed by atoms with Crippen LogP contribution in [-0.4, -0.2) is 55.2 Å². The summed E-state index contributed by atoms with van der Waals surface area (Å²) in [6, 6.07) is 3.21. The highest BCUT2D eigenvalue weighted by Crippen LogP contribution is 2.22. The lowest BCUT2D eigenvalue weighted by Crippen LogP contribution is -2.37. The SMILES string of the molecule is C=CCNC(=O)c1ccc(N(CC)C2CCS(=O)(=O)C2)nn1. The van der Waals surface area contributed by atoms with Crippen LogP contribution in [-0.2, 0) is 9.84 Å². The van der Waals surface area contributed by atoms with Crippen molar-refractivity contribution in [2.45, 2.75) is 19.4 Å². The fourth-order valence-electron chi connectivity index (χ4n) is 2.48. The molecule has 0 radical (unpaired) electrons. The first-order chi connectivity index (χ1) is 10.5. The summed E-state index contributed by atoms with van der Waals surface area (Å²) in [6.45, 7) is 6.47. The number of carbonyl (C=O) groups excluding carboxylic acids is 1. The zero-order valence-corrected chi connectivity index (χ0v) is 13.3. The monoisotopic (exact) mass is 324 g/mol. The molecule has 0 bridgehead atoms. The summed E-state index contributed by atoms with van der Waals surface area (Å²) in [5.41, 5.74) is 0.223. The van der Waals surface area contributed by atoms with Gasteiger partial charge in [-0.3, -0.25) is 4.79 Å². The van der Waals surface area contributed by atoms with Crippen molar-refractivity contribution in [3.63, 3.8) is 0 Å². The molecule has 1 aliphatic rings. The second kappa shape index (κ2) is 6.87. The van der Waals surface area contributed by atoms with Crippen molar-refractivity contribution in [3.8, 4) is 0 Å². The predicted octanol–water partition coefficient (Wildman–Crippen LogP) is 0.406. The van der Waals surface area contributed by atoms with E-state index in [0.29, 0.717) is 25.3 Å². The molecule has 0 spiro atoms. The van der Waals surface area contributed by atoms with Crippen LogP contribution in [0.4, 0.5) is 5.82 Å². The Kier molecular flexibility index (Phi) is 5.12. The van der Waals surface area contributed by atoms with Gasteiger partial charge in [-0.2, -0.15) is 0 Å². The molecule has 22 heavy (non-hydrogen) atoms. The zero-order chi connectivity index (χ0) is 16.2. The van der Waals surface area contributed by atoms with Gasteiger partial charge in [-0.15, -0.1) is 16.8 Å². The van der Waals surface area contributed by atoms with Crippen molar-refractivity contribution < 1.29 is 13.2 Å². The molecule has 1 unspecified atom stereocenters. The minimum absolute atomic E-state index is 0.0789. The van der Waals surface area contributed by atoms with Gasteiger partial charge in [0, 0.05) is 19.1 Å². The Morgan fingerprint density at radius 3 is 2.77 bits per heavy atom. The molecular formula is C14H20N4O3S. The first kappa shape index (κ1) is 16.4. The van der Waals surface area contributed by atoms with Gasteiger partial charge in [-0.1, -0.05) is 6.08 Å². The van der Waals surface area contributed by atoms with Gasteiger partial charge >= 0.3 is 0 Å². The van der Waals surface area contributed by atoms with Crippen LogP contribution in [0.3, 0.4) is 0 Å². The molecule has 1 fully saturated rings. The van der Waals surface area contributed by atoms with Crippen LogP contribution in [0, 0.1) is 0 Å². The van der Waals surface area contributed by atoms with E-state index in [1.165, 1.54) is 0 Å². The first-order valence-electron chi connectivity index (χ1n) is 7.16. The van der Waals surface area contributed by atoms with Gasteiger partial charge in [0.2, 0.25) is 0 Å². The lowest BCUT2D eigenvalue weighted by molar-refractivity contribution is 0.0952. The van der Waals surface area contributed by atoms with Crippen molar-refractivity contribution in [2.24, 2.45) is 0 Å². The molecule has 1 N–H and O–H groups in total. The molecule has 0 aliphatic carbocycles. The van der Waals surface area contributed by atoms with Crippen LogP contribution in [0.5, 0.6) is 0 Å². The second-order valence-corrected chi connectivity index (χ2v) is 7.35. The van der Waals surface area contributed by atoms with Crippen LogP contribution in [0.1, 0.15) is 23.8 Å². The van der Waals surface area contributed by atoms with Crippen molar-refractivity contribution >= 4 is 21.6 Å². The maximum absolute atomic E-state index is 11.7. The van der Waals surface area contributed by atoms with E-state index in [-0.39, 0.29) is 29.1 Å². The quantitative estimate of drug-likeness (QED) is 0.762. The Balaban J connectivity index is 2.11. The number of sulfone groups is 1. The molecule has 2 rings (SSSR count). The number of hydrogen-bond acceptors (Lipinski definition) is 6. The number of aromatic nitrogens is 2. The summed E-state index contributed by atoms with van der Waals surface area (Å²) < 4.78 is 23.2. The van der Waals surface area contributed by atoms with Gasteiger partial charge in [-0.25, -0.2) is 8.42 Å². The fraction of sp³-hybridized carbons (Fsp3) is 0.500. The number of hydrogen-bond donors (Lipinski definition) is 1. The average molecular weight is 324 g/mol.